The molecule has 0 spiro atoms. The molecule has 1 heterocycles. The predicted molar refractivity (Wildman–Crippen MR) is 113 cm³/mol. The lowest BCUT2D eigenvalue weighted by Gasteiger charge is -2.25. The normalized spacial score (nSPS) is 11.4. The molecule has 0 bridgehead atoms. The summed E-state index contributed by atoms with van der Waals surface area (Å²) >= 11 is 0. The highest BCUT2D eigenvalue weighted by Crippen LogP contribution is 2.29. The molecule has 154 valence electrons. The molecule has 6 heteroatoms. The van der Waals surface area contributed by atoms with E-state index in [4.69, 9.17) is 9.84 Å². The molecule has 0 radical (unpaired) electrons. The molecule has 1 aromatic heterocycles. The van der Waals surface area contributed by atoms with Gasteiger partial charge in [0.2, 0.25) is 0 Å². The minimum atomic E-state index is -0.419. The topological polar surface area (TPSA) is 50.5 Å². The van der Waals surface area contributed by atoms with Crippen molar-refractivity contribution in [1.29, 1.82) is 0 Å². The van der Waals surface area contributed by atoms with Crippen LogP contribution in [-0.2, 0) is 6.54 Å². The van der Waals surface area contributed by atoms with Gasteiger partial charge in [0.25, 0.3) is 0 Å². The van der Waals surface area contributed by atoms with Gasteiger partial charge in [0, 0.05) is 36.5 Å². The van der Waals surface area contributed by atoms with Gasteiger partial charge in [0.1, 0.15) is 0 Å². The Morgan fingerprint density at radius 1 is 1.21 bits per heavy atom. The molecule has 0 fully saturated rings. The van der Waals surface area contributed by atoms with E-state index in [9.17, 15) is 9.50 Å². The van der Waals surface area contributed by atoms with Gasteiger partial charge in [-0.25, -0.2) is 9.07 Å². The fraction of sp³-hybridized carbons (Fsp3) is 0.348. The Morgan fingerprint density at radius 3 is 2.59 bits per heavy atom. The standard InChI is InChI=1S/C23H28FN3O2/c1-16(2)26(11-12-28)14-19-15-27(21-8-6-5-7-17(21)3)25-23(19)18-9-10-22(29-4)20(24)13-18/h5-10,13,15-16,28H,11-12,14H2,1-4H3. The molecule has 5 nitrogen and oxygen atoms in total. The second-order valence-electron chi connectivity index (χ2n) is 7.37. The lowest BCUT2D eigenvalue weighted by atomic mass is 10.1. The van der Waals surface area contributed by atoms with Crippen LogP contribution < -0.4 is 4.74 Å². The largest absolute Gasteiger partial charge is 0.494 e. The maximum atomic E-state index is 14.4. The molecular formula is C23H28FN3O2. The van der Waals surface area contributed by atoms with Crippen LogP contribution in [0.4, 0.5) is 4.39 Å². The number of ether oxygens (including phenoxy) is 1. The van der Waals surface area contributed by atoms with E-state index >= 15 is 0 Å². The first kappa shape index (κ1) is 21.0. The zero-order valence-electron chi connectivity index (χ0n) is 17.4. The highest BCUT2D eigenvalue weighted by molar-refractivity contribution is 5.64. The van der Waals surface area contributed by atoms with E-state index in [1.165, 1.54) is 13.2 Å². The Kier molecular flexibility index (Phi) is 6.67. The maximum absolute atomic E-state index is 14.4. The van der Waals surface area contributed by atoms with E-state index in [-0.39, 0.29) is 18.4 Å². The molecule has 3 rings (SSSR count). The van der Waals surface area contributed by atoms with Gasteiger partial charge < -0.3 is 9.84 Å². The number of rotatable bonds is 8. The first-order valence-electron chi connectivity index (χ1n) is 9.78. The van der Waals surface area contributed by atoms with Gasteiger partial charge in [-0.1, -0.05) is 18.2 Å². The number of aryl methyl sites for hydroxylation is 1. The molecule has 0 unspecified atom stereocenters. The molecule has 0 atom stereocenters. The zero-order chi connectivity index (χ0) is 21.0. The summed E-state index contributed by atoms with van der Waals surface area (Å²) in [5.74, 6) is -0.213. The van der Waals surface area contributed by atoms with Crippen molar-refractivity contribution < 1.29 is 14.2 Å². The van der Waals surface area contributed by atoms with Gasteiger partial charge in [0.15, 0.2) is 11.6 Å². The summed E-state index contributed by atoms with van der Waals surface area (Å²) in [7, 11) is 1.45. The van der Waals surface area contributed by atoms with Crippen LogP contribution in [0.25, 0.3) is 16.9 Å². The number of hydrogen-bond donors (Lipinski definition) is 1. The SMILES string of the molecule is COc1ccc(-c2nn(-c3ccccc3C)cc2CN(CCO)C(C)C)cc1F. The Morgan fingerprint density at radius 2 is 1.97 bits per heavy atom. The van der Waals surface area contributed by atoms with Crippen LogP contribution in [0.3, 0.4) is 0 Å². The molecule has 1 N–H and O–H groups in total. The van der Waals surface area contributed by atoms with Crippen LogP contribution in [-0.4, -0.2) is 46.1 Å². The molecule has 29 heavy (non-hydrogen) atoms. The fourth-order valence-corrected chi connectivity index (χ4v) is 3.39. The number of nitrogens with zero attached hydrogens (tertiary/aromatic N) is 3. The van der Waals surface area contributed by atoms with E-state index in [0.29, 0.717) is 18.7 Å². The quantitative estimate of drug-likeness (QED) is 0.619. The number of aliphatic hydroxyl groups excluding tert-OH is 1. The van der Waals surface area contributed by atoms with Gasteiger partial charge in [-0.05, 0) is 50.6 Å². The van der Waals surface area contributed by atoms with E-state index in [1.54, 1.807) is 6.07 Å². The van der Waals surface area contributed by atoms with Gasteiger partial charge in [-0.15, -0.1) is 0 Å². The van der Waals surface area contributed by atoms with Crippen LogP contribution in [0.1, 0.15) is 25.0 Å². The number of para-hydroxylation sites is 1. The lowest BCUT2D eigenvalue weighted by molar-refractivity contribution is 0.159. The average molecular weight is 397 g/mol. The minimum absolute atomic E-state index is 0.0800. The minimum Gasteiger partial charge on any atom is -0.494 e. The van der Waals surface area contributed by atoms with Crippen molar-refractivity contribution in [3.8, 4) is 22.7 Å². The van der Waals surface area contributed by atoms with Crippen molar-refractivity contribution in [3.05, 3.63) is 65.6 Å². The maximum Gasteiger partial charge on any atom is 0.165 e. The Hall–Kier alpha value is -2.70. The summed E-state index contributed by atoms with van der Waals surface area (Å²) in [4.78, 5) is 2.17. The summed E-state index contributed by atoms with van der Waals surface area (Å²) in [6, 6.07) is 13.2. The highest BCUT2D eigenvalue weighted by Gasteiger charge is 2.19. The van der Waals surface area contributed by atoms with Crippen LogP contribution in [0, 0.1) is 12.7 Å². The smallest absolute Gasteiger partial charge is 0.165 e. The summed E-state index contributed by atoms with van der Waals surface area (Å²) in [6.07, 6.45) is 1.99. The number of halogens is 1. The van der Waals surface area contributed by atoms with Gasteiger partial charge >= 0.3 is 0 Å². The van der Waals surface area contributed by atoms with Crippen molar-refractivity contribution in [2.75, 3.05) is 20.3 Å². The third-order valence-electron chi connectivity index (χ3n) is 5.07. The summed E-state index contributed by atoms with van der Waals surface area (Å²) in [5, 5.41) is 14.2. The van der Waals surface area contributed by atoms with E-state index in [0.717, 1.165) is 22.5 Å². The number of aromatic nitrogens is 2. The molecule has 0 aliphatic rings. The fourth-order valence-electron chi connectivity index (χ4n) is 3.39. The molecule has 3 aromatic rings. The first-order valence-corrected chi connectivity index (χ1v) is 9.78. The van der Waals surface area contributed by atoms with Crippen LogP contribution in [0.15, 0.2) is 48.7 Å². The summed E-state index contributed by atoms with van der Waals surface area (Å²) < 4.78 is 21.3. The van der Waals surface area contributed by atoms with Crippen molar-refractivity contribution in [2.24, 2.45) is 0 Å². The lowest BCUT2D eigenvalue weighted by Crippen LogP contribution is -2.32. The summed E-state index contributed by atoms with van der Waals surface area (Å²) in [6.45, 7) is 7.46. The summed E-state index contributed by atoms with van der Waals surface area (Å²) in [5.41, 5.74) is 4.47. The molecule has 0 aliphatic carbocycles. The van der Waals surface area contributed by atoms with Gasteiger partial charge in [-0.2, -0.15) is 5.10 Å². The van der Waals surface area contributed by atoms with Crippen molar-refractivity contribution in [2.45, 2.75) is 33.4 Å². The van der Waals surface area contributed by atoms with Crippen LogP contribution in [0.5, 0.6) is 5.75 Å². The third-order valence-corrected chi connectivity index (χ3v) is 5.07. The van der Waals surface area contributed by atoms with E-state index in [1.807, 2.05) is 48.1 Å². The molecule has 0 aliphatic heterocycles. The van der Waals surface area contributed by atoms with Crippen LogP contribution >= 0.6 is 0 Å². The van der Waals surface area contributed by atoms with Gasteiger partial charge in [0.05, 0.1) is 25.1 Å². The molecule has 0 amide bonds. The van der Waals surface area contributed by atoms with E-state index in [2.05, 4.69) is 18.7 Å². The first-order chi connectivity index (χ1) is 13.9. The number of benzene rings is 2. The number of methoxy groups -OCH3 is 1. The second-order valence-corrected chi connectivity index (χ2v) is 7.37. The Balaban J connectivity index is 2.09. The molecular weight excluding hydrogens is 369 g/mol. The highest BCUT2D eigenvalue weighted by atomic mass is 19.1. The third kappa shape index (κ3) is 4.66. The van der Waals surface area contributed by atoms with Gasteiger partial charge in [-0.3, -0.25) is 4.90 Å². The molecule has 0 saturated carbocycles. The Labute approximate surface area is 171 Å². The molecule has 0 saturated heterocycles. The van der Waals surface area contributed by atoms with Crippen molar-refractivity contribution in [3.63, 3.8) is 0 Å². The van der Waals surface area contributed by atoms with E-state index < -0.39 is 5.82 Å². The monoisotopic (exact) mass is 397 g/mol. The van der Waals surface area contributed by atoms with Crippen molar-refractivity contribution >= 4 is 0 Å². The number of aliphatic hydroxyl groups is 1. The zero-order valence-corrected chi connectivity index (χ0v) is 17.4. The second kappa shape index (κ2) is 9.20. The van der Waals surface area contributed by atoms with Crippen LogP contribution in [0.2, 0.25) is 0 Å². The Bertz CT molecular complexity index is 969. The average Bonchev–Trinajstić information content (AvgIpc) is 3.11. The number of hydrogen-bond acceptors (Lipinski definition) is 4. The molecule has 2 aromatic carbocycles. The van der Waals surface area contributed by atoms with Crippen molar-refractivity contribution in [1.82, 2.24) is 14.7 Å². The predicted octanol–water partition coefficient (Wildman–Crippen LogP) is 4.20.